The van der Waals surface area contributed by atoms with Crippen LogP contribution in [-0.4, -0.2) is 39.3 Å². The molecule has 0 amide bonds. The standard InChI is InChI=1S/C24H28N2O2/c1-26(15-13-18-9-12-23(27-2)24(16-18)28-3)14-5-8-19-6-4-7-20-17-21(25)10-11-22(19)20/h4-12,16-17H,13-15,25H2,1-3H3/b8-5+. The quantitative estimate of drug-likeness (QED) is 0.583. The van der Waals surface area contributed by atoms with Crippen molar-refractivity contribution in [1.29, 1.82) is 0 Å². The van der Waals surface area contributed by atoms with E-state index in [1.165, 1.54) is 21.9 Å². The van der Waals surface area contributed by atoms with Crippen LogP contribution in [0.15, 0.2) is 60.7 Å². The van der Waals surface area contributed by atoms with Crippen molar-refractivity contribution in [2.75, 3.05) is 40.1 Å². The van der Waals surface area contributed by atoms with Gasteiger partial charge in [0.15, 0.2) is 11.5 Å². The first kappa shape index (κ1) is 19.8. The molecule has 0 atom stereocenters. The maximum Gasteiger partial charge on any atom is 0.160 e. The molecule has 0 aliphatic carbocycles. The number of ether oxygens (including phenoxy) is 2. The number of anilines is 1. The molecule has 0 heterocycles. The lowest BCUT2D eigenvalue weighted by molar-refractivity contribution is 0.353. The fourth-order valence-electron chi connectivity index (χ4n) is 3.28. The van der Waals surface area contributed by atoms with E-state index in [4.69, 9.17) is 15.2 Å². The third-order valence-corrected chi connectivity index (χ3v) is 4.88. The van der Waals surface area contributed by atoms with Crippen LogP contribution in [0.1, 0.15) is 11.1 Å². The SMILES string of the molecule is COc1ccc(CCN(C)C/C=C/c2cccc3cc(N)ccc23)cc1OC. The lowest BCUT2D eigenvalue weighted by Gasteiger charge is -2.15. The Morgan fingerprint density at radius 1 is 0.964 bits per heavy atom. The number of methoxy groups -OCH3 is 2. The van der Waals surface area contributed by atoms with Gasteiger partial charge in [0, 0.05) is 18.8 Å². The molecule has 3 aromatic rings. The zero-order valence-corrected chi connectivity index (χ0v) is 16.8. The minimum Gasteiger partial charge on any atom is -0.493 e. The molecule has 0 bridgehead atoms. The molecular formula is C24H28N2O2. The highest BCUT2D eigenvalue weighted by Gasteiger charge is 2.05. The van der Waals surface area contributed by atoms with Crippen molar-refractivity contribution in [2.24, 2.45) is 0 Å². The normalized spacial score (nSPS) is 11.4. The third-order valence-electron chi connectivity index (χ3n) is 4.88. The van der Waals surface area contributed by atoms with Crippen LogP contribution in [0.25, 0.3) is 16.8 Å². The van der Waals surface area contributed by atoms with E-state index in [1.54, 1.807) is 14.2 Å². The van der Waals surface area contributed by atoms with Gasteiger partial charge in [0.2, 0.25) is 0 Å². The van der Waals surface area contributed by atoms with E-state index in [1.807, 2.05) is 24.3 Å². The molecule has 4 nitrogen and oxygen atoms in total. The van der Waals surface area contributed by atoms with Gasteiger partial charge in [-0.1, -0.05) is 42.5 Å². The number of benzene rings is 3. The van der Waals surface area contributed by atoms with Gasteiger partial charge in [-0.05, 0) is 59.6 Å². The Bertz CT molecular complexity index is 966. The van der Waals surface area contributed by atoms with Gasteiger partial charge in [0.25, 0.3) is 0 Å². The zero-order chi connectivity index (χ0) is 19.9. The topological polar surface area (TPSA) is 47.7 Å². The number of rotatable bonds is 8. The van der Waals surface area contributed by atoms with Crippen LogP contribution in [-0.2, 0) is 6.42 Å². The molecule has 0 saturated carbocycles. The Morgan fingerprint density at radius 3 is 2.57 bits per heavy atom. The molecule has 146 valence electrons. The Hall–Kier alpha value is -2.98. The van der Waals surface area contributed by atoms with Gasteiger partial charge >= 0.3 is 0 Å². The molecule has 0 aliphatic heterocycles. The lowest BCUT2D eigenvalue weighted by Crippen LogP contribution is -2.21. The predicted octanol–water partition coefficient (Wildman–Crippen LogP) is 4.63. The fourth-order valence-corrected chi connectivity index (χ4v) is 3.28. The van der Waals surface area contributed by atoms with Gasteiger partial charge in [0.05, 0.1) is 14.2 Å². The number of nitrogens with zero attached hydrogens (tertiary/aromatic N) is 1. The van der Waals surface area contributed by atoms with E-state index in [2.05, 4.69) is 54.4 Å². The van der Waals surface area contributed by atoms with E-state index in [0.717, 1.165) is 36.7 Å². The Kier molecular flexibility index (Phi) is 6.56. The molecule has 0 fully saturated rings. The minimum atomic E-state index is 0.763. The fraction of sp³-hybridized carbons (Fsp3) is 0.250. The molecular weight excluding hydrogens is 348 g/mol. The maximum atomic E-state index is 5.89. The van der Waals surface area contributed by atoms with Crippen LogP contribution in [0.3, 0.4) is 0 Å². The molecule has 28 heavy (non-hydrogen) atoms. The first-order valence-corrected chi connectivity index (χ1v) is 9.45. The molecule has 3 aromatic carbocycles. The number of nitrogen functional groups attached to an aromatic ring is 1. The largest absolute Gasteiger partial charge is 0.493 e. The van der Waals surface area contributed by atoms with Crippen molar-refractivity contribution >= 4 is 22.5 Å². The highest BCUT2D eigenvalue weighted by molar-refractivity contribution is 5.92. The van der Waals surface area contributed by atoms with Gasteiger partial charge in [0.1, 0.15) is 0 Å². The van der Waals surface area contributed by atoms with E-state index < -0.39 is 0 Å². The van der Waals surface area contributed by atoms with Crippen molar-refractivity contribution in [1.82, 2.24) is 4.90 Å². The zero-order valence-electron chi connectivity index (χ0n) is 16.8. The van der Waals surface area contributed by atoms with Crippen LogP contribution in [0.4, 0.5) is 5.69 Å². The van der Waals surface area contributed by atoms with Gasteiger partial charge < -0.3 is 20.1 Å². The summed E-state index contributed by atoms with van der Waals surface area (Å²) in [5.74, 6) is 1.54. The number of likely N-dealkylation sites (N-methyl/N-ethyl adjacent to an activating group) is 1. The first-order chi connectivity index (χ1) is 13.6. The maximum absolute atomic E-state index is 5.89. The summed E-state index contributed by atoms with van der Waals surface area (Å²) in [5, 5.41) is 2.39. The second kappa shape index (κ2) is 9.29. The van der Waals surface area contributed by atoms with Crippen LogP contribution in [0.5, 0.6) is 11.5 Å². The van der Waals surface area contributed by atoms with E-state index in [0.29, 0.717) is 0 Å². The summed E-state index contributed by atoms with van der Waals surface area (Å²) in [6, 6.07) is 18.5. The molecule has 3 rings (SSSR count). The number of fused-ring (bicyclic) bond motifs is 1. The molecule has 0 saturated heterocycles. The summed E-state index contributed by atoms with van der Waals surface area (Å²) in [7, 11) is 5.46. The van der Waals surface area contributed by atoms with Gasteiger partial charge in [-0.2, -0.15) is 0 Å². The summed E-state index contributed by atoms with van der Waals surface area (Å²) < 4.78 is 10.7. The first-order valence-electron chi connectivity index (χ1n) is 9.45. The van der Waals surface area contributed by atoms with E-state index in [9.17, 15) is 0 Å². The van der Waals surface area contributed by atoms with Gasteiger partial charge in [-0.15, -0.1) is 0 Å². The lowest BCUT2D eigenvalue weighted by atomic mass is 10.0. The summed E-state index contributed by atoms with van der Waals surface area (Å²) in [5.41, 5.74) is 9.13. The molecule has 0 spiro atoms. The van der Waals surface area contributed by atoms with Crippen LogP contribution in [0.2, 0.25) is 0 Å². The smallest absolute Gasteiger partial charge is 0.160 e. The molecule has 0 aromatic heterocycles. The Balaban J connectivity index is 1.58. The number of hydrogen-bond acceptors (Lipinski definition) is 4. The van der Waals surface area contributed by atoms with Crippen LogP contribution in [0, 0.1) is 0 Å². The van der Waals surface area contributed by atoms with Crippen molar-refractivity contribution in [3.63, 3.8) is 0 Å². The summed E-state index contributed by atoms with van der Waals surface area (Å²) in [4.78, 5) is 2.30. The van der Waals surface area contributed by atoms with Crippen molar-refractivity contribution in [2.45, 2.75) is 6.42 Å². The van der Waals surface area contributed by atoms with Crippen molar-refractivity contribution in [3.8, 4) is 11.5 Å². The second-order valence-corrected chi connectivity index (χ2v) is 6.93. The van der Waals surface area contributed by atoms with Gasteiger partial charge in [-0.25, -0.2) is 0 Å². The van der Waals surface area contributed by atoms with Crippen LogP contribution < -0.4 is 15.2 Å². The van der Waals surface area contributed by atoms with Crippen molar-refractivity contribution in [3.05, 3.63) is 71.8 Å². The average molecular weight is 377 g/mol. The molecule has 0 aliphatic rings. The molecule has 0 radical (unpaired) electrons. The monoisotopic (exact) mass is 376 g/mol. The Labute approximate surface area is 167 Å². The highest BCUT2D eigenvalue weighted by Crippen LogP contribution is 2.27. The summed E-state index contributed by atoms with van der Waals surface area (Å²) >= 11 is 0. The third kappa shape index (κ3) is 4.84. The number of nitrogens with two attached hydrogens (primary N) is 1. The summed E-state index contributed by atoms with van der Waals surface area (Å²) in [6.45, 7) is 1.85. The molecule has 4 heteroatoms. The molecule has 0 unspecified atom stereocenters. The van der Waals surface area contributed by atoms with E-state index in [-0.39, 0.29) is 0 Å². The summed E-state index contributed by atoms with van der Waals surface area (Å²) in [6.07, 6.45) is 5.35. The van der Waals surface area contributed by atoms with Crippen molar-refractivity contribution < 1.29 is 9.47 Å². The second-order valence-electron chi connectivity index (χ2n) is 6.93. The Morgan fingerprint density at radius 2 is 1.79 bits per heavy atom. The number of hydrogen-bond donors (Lipinski definition) is 1. The van der Waals surface area contributed by atoms with Crippen LogP contribution >= 0.6 is 0 Å². The predicted molar refractivity (Wildman–Crippen MR) is 118 cm³/mol. The van der Waals surface area contributed by atoms with Gasteiger partial charge in [-0.3, -0.25) is 0 Å². The minimum absolute atomic E-state index is 0.763. The van der Waals surface area contributed by atoms with E-state index >= 15 is 0 Å². The molecule has 2 N–H and O–H groups in total. The highest BCUT2D eigenvalue weighted by atomic mass is 16.5. The average Bonchev–Trinajstić information content (AvgIpc) is 2.71.